The zero-order chi connectivity index (χ0) is 23.7. The van der Waals surface area contributed by atoms with E-state index in [0.717, 1.165) is 4.88 Å². The van der Waals surface area contributed by atoms with E-state index >= 15 is 0 Å². The number of primary amides is 1. The van der Waals surface area contributed by atoms with Crippen LogP contribution in [0.5, 0.6) is 11.5 Å². The molecular weight excluding hydrogens is 500 g/mol. The van der Waals surface area contributed by atoms with E-state index in [4.69, 9.17) is 15.2 Å². The second-order valence-electron chi connectivity index (χ2n) is 7.07. The zero-order valence-electron chi connectivity index (χ0n) is 17.9. The molecule has 0 radical (unpaired) electrons. The molecule has 0 unspecified atom stereocenters. The van der Waals surface area contributed by atoms with Crippen molar-refractivity contribution in [2.24, 2.45) is 16.8 Å². The quantitative estimate of drug-likeness (QED) is 0.306. The van der Waals surface area contributed by atoms with E-state index in [2.05, 4.69) is 31.8 Å². The predicted molar refractivity (Wildman–Crippen MR) is 126 cm³/mol. The number of halogens is 1. The van der Waals surface area contributed by atoms with Gasteiger partial charge in [0.1, 0.15) is 6.04 Å². The van der Waals surface area contributed by atoms with Crippen LogP contribution in [0.4, 0.5) is 0 Å². The zero-order valence-corrected chi connectivity index (χ0v) is 20.3. The van der Waals surface area contributed by atoms with Gasteiger partial charge >= 0.3 is 0 Å². The molecule has 32 heavy (non-hydrogen) atoms. The highest BCUT2D eigenvalue weighted by atomic mass is 79.9. The number of carbonyl (C=O) groups excluding carboxylic acids is 3. The normalized spacial score (nSPS) is 11.9. The van der Waals surface area contributed by atoms with Crippen LogP contribution in [-0.2, 0) is 20.8 Å². The minimum Gasteiger partial charge on any atom is -0.493 e. The lowest BCUT2D eigenvalue weighted by molar-refractivity contribution is -0.129. The van der Waals surface area contributed by atoms with E-state index in [-0.39, 0.29) is 24.9 Å². The number of nitrogens with zero attached hydrogens (tertiary/aromatic N) is 1. The van der Waals surface area contributed by atoms with Crippen molar-refractivity contribution in [2.45, 2.75) is 26.3 Å². The Morgan fingerprint density at radius 1 is 1.31 bits per heavy atom. The number of benzene rings is 1. The van der Waals surface area contributed by atoms with Crippen molar-refractivity contribution in [1.82, 2.24) is 10.7 Å². The Hall–Kier alpha value is -2.92. The molecule has 1 atom stereocenters. The van der Waals surface area contributed by atoms with Crippen molar-refractivity contribution in [2.75, 3.05) is 13.7 Å². The maximum absolute atomic E-state index is 12.6. The summed E-state index contributed by atoms with van der Waals surface area (Å²) in [7, 11) is 1.45. The summed E-state index contributed by atoms with van der Waals surface area (Å²) in [6.07, 6.45) is 1.64. The molecule has 0 bridgehead atoms. The van der Waals surface area contributed by atoms with Crippen molar-refractivity contribution in [1.29, 1.82) is 0 Å². The molecule has 1 heterocycles. The van der Waals surface area contributed by atoms with Gasteiger partial charge in [-0.25, -0.2) is 5.43 Å². The first kappa shape index (κ1) is 25.3. The fourth-order valence-corrected chi connectivity index (χ4v) is 3.95. The molecule has 0 fully saturated rings. The number of nitrogens with one attached hydrogen (secondary N) is 2. The van der Waals surface area contributed by atoms with Gasteiger partial charge in [-0.05, 0) is 51.0 Å². The Balaban J connectivity index is 2.02. The smallest absolute Gasteiger partial charge is 0.262 e. The minimum atomic E-state index is -0.731. The predicted octanol–water partition coefficient (Wildman–Crippen LogP) is 2.22. The molecule has 0 aliphatic rings. The maximum atomic E-state index is 12.6. The number of hydrazone groups is 1. The fraction of sp³-hybridized carbons (Fsp3) is 0.333. The molecule has 2 aromatic rings. The van der Waals surface area contributed by atoms with Crippen LogP contribution in [0.3, 0.4) is 0 Å². The summed E-state index contributed by atoms with van der Waals surface area (Å²) in [6.45, 7) is 3.38. The standard InChI is InChI=1S/C21H25BrN4O5S/c1-12(2)19(25-18(28)9-14-5-4-6-32-14)21(29)26-24-10-13-7-15(22)20(16(8-13)30-3)31-11-17(23)27/h4-8,10,12,19H,9,11H2,1-3H3,(H2,23,27)(H,25,28)(H,26,29)/b24-10-/t19-/m0/s1. The van der Waals surface area contributed by atoms with Crippen LogP contribution in [0.25, 0.3) is 0 Å². The highest BCUT2D eigenvalue weighted by Gasteiger charge is 2.24. The molecule has 172 valence electrons. The van der Waals surface area contributed by atoms with Gasteiger partial charge in [-0.2, -0.15) is 5.10 Å². The summed E-state index contributed by atoms with van der Waals surface area (Å²) in [5.74, 6) is -0.730. The van der Waals surface area contributed by atoms with Crippen LogP contribution < -0.4 is 25.9 Å². The average Bonchev–Trinajstić information content (AvgIpc) is 3.23. The number of rotatable bonds is 11. The molecule has 0 saturated carbocycles. The van der Waals surface area contributed by atoms with Gasteiger partial charge in [0, 0.05) is 4.88 Å². The number of methoxy groups -OCH3 is 1. The van der Waals surface area contributed by atoms with Gasteiger partial charge in [0.15, 0.2) is 18.1 Å². The molecular formula is C21H25BrN4O5S. The summed E-state index contributed by atoms with van der Waals surface area (Å²) in [5, 5.41) is 8.64. The summed E-state index contributed by atoms with van der Waals surface area (Å²) >= 11 is 4.84. The Labute approximate surface area is 198 Å². The molecule has 0 aliphatic carbocycles. The molecule has 1 aromatic carbocycles. The first-order chi connectivity index (χ1) is 15.2. The monoisotopic (exact) mass is 524 g/mol. The summed E-state index contributed by atoms with van der Waals surface area (Å²) < 4.78 is 11.2. The SMILES string of the molecule is COc1cc(/C=N\NC(=O)[C@@H](NC(=O)Cc2cccs2)C(C)C)cc(Br)c1OCC(N)=O. The van der Waals surface area contributed by atoms with Gasteiger partial charge in [-0.3, -0.25) is 14.4 Å². The van der Waals surface area contributed by atoms with Crippen LogP contribution in [0.2, 0.25) is 0 Å². The van der Waals surface area contributed by atoms with Gasteiger partial charge in [-0.15, -0.1) is 11.3 Å². The number of ether oxygens (including phenoxy) is 2. The lowest BCUT2D eigenvalue weighted by atomic mass is 10.0. The van der Waals surface area contributed by atoms with Gasteiger partial charge in [0.05, 0.1) is 24.2 Å². The minimum absolute atomic E-state index is 0.131. The summed E-state index contributed by atoms with van der Waals surface area (Å²) in [6, 6.07) is 6.32. The first-order valence-corrected chi connectivity index (χ1v) is 11.3. The molecule has 3 amide bonds. The third-order valence-corrected chi connectivity index (χ3v) is 5.64. The van der Waals surface area contributed by atoms with Gasteiger partial charge in [-0.1, -0.05) is 19.9 Å². The molecule has 4 N–H and O–H groups in total. The van der Waals surface area contributed by atoms with Gasteiger partial charge in [0.25, 0.3) is 11.8 Å². The molecule has 2 rings (SSSR count). The fourth-order valence-electron chi connectivity index (χ4n) is 2.67. The average molecular weight is 525 g/mol. The summed E-state index contributed by atoms with van der Waals surface area (Å²) in [4.78, 5) is 36.7. The molecule has 1 aromatic heterocycles. The van der Waals surface area contributed by atoms with Gasteiger partial charge < -0.3 is 20.5 Å². The largest absolute Gasteiger partial charge is 0.493 e. The number of carbonyl (C=O) groups is 3. The Bertz CT molecular complexity index is 979. The van der Waals surface area contributed by atoms with Crippen molar-refractivity contribution < 1.29 is 23.9 Å². The molecule has 0 spiro atoms. The van der Waals surface area contributed by atoms with E-state index in [1.54, 1.807) is 12.1 Å². The van der Waals surface area contributed by atoms with Crippen LogP contribution in [0, 0.1) is 5.92 Å². The Morgan fingerprint density at radius 2 is 2.06 bits per heavy atom. The second-order valence-corrected chi connectivity index (χ2v) is 8.96. The van der Waals surface area contributed by atoms with Crippen molar-refractivity contribution in [3.63, 3.8) is 0 Å². The van der Waals surface area contributed by atoms with E-state index in [0.29, 0.717) is 21.5 Å². The third-order valence-electron chi connectivity index (χ3n) is 4.18. The first-order valence-electron chi connectivity index (χ1n) is 9.64. The van der Waals surface area contributed by atoms with Gasteiger partial charge in [0.2, 0.25) is 5.91 Å². The molecule has 0 saturated heterocycles. The lowest BCUT2D eigenvalue weighted by Crippen LogP contribution is -2.49. The maximum Gasteiger partial charge on any atom is 0.262 e. The second kappa shape index (κ2) is 12.2. The highest BCUT2D eigenvalue weighted by molar-refractivity contribution is 9.10. The molecule has 11 heteroatoms. The van der Waals surface area contributed by atoms with Crippen LogP contribution >= 0.6 is 27.3 Å². The number of hydrogen-bond acceptors (Lipinski definition) is 7. The van der Waals surface area contributed by atoms with Crippen molar-refractivity contribution >= 4 is 51.2 Å². The third kappa shape index (κ3) is 7.65. The van der Waals surface area contributed by atoms with Crippen LogP contribution in [0.1, 0.15) is 24.3 Å². The van der Waals surface area contributed by atoms with Crippen molar-refractivity contribution in [3.8, 4) is 11.5 Å². The number of amides is 3. The van der Waals surface area contributed by atoms with E-state index in [1.165, 1.54) is 24.7 Å². The number of hydrogen-bond donors (Lipinski definition) is 3. The van der Waals surface area contributed by atoms with E-state index in [9.17, 15) is 14.4 Å². The topological polar surface area (TPSA) is 132 Å². The van der Waals surface area contributed by atoms with E-state index in [1.807, 2.05) is 31.4 Å². The lowest BCUT2D eigenvalue weighted by Gasteiger charge is -2.20. The number of nitrogens with two attached hydrogens (primary N) is 1. The summed E-state index contributed by atoms with van der Waals surface area (Å²) in [5.41, 5.74) is 8.17. The Morgan fingerprint density at radius 3 is 2.66 bits per heavy atom. The van der Waals surface area contributed by atoms with Crippen LogP contribution in [-0.4, -0.2) is 43.7 Å². The van der Waals surface area contributed by atoms with E-state index < -0.39 is 17.9 Å². The molecule has 9 nitrogen and oxygen atoms in total. The molecule has 0 aliphatic heterocycles. The highest BCUT2D eigenvalue weighted by Crippen LogP contribution is 2.36. The van der Waals surface area contributed by atoms with Crippen LogP contribution in [0.15, 0.2) is 39.2 Å². The number of thiophene rings is 1. The van der Waals surface area contributed by atoms with Crippen molar-refractivity contribution in [3.05, 3.63) is 44.6 Å². The Kier molecular flexibility index (Phi) is 9.66.